The van der Waals surface area contributed by atoms with Gasteiger partial charge in [0.15, 0.2) is 0 Å². The highest BCUT2D eigenvalue weighted by Gasteiger charge is 2.40. The van der Waals surface area contributed by atoms with Gasteiger partial charge in [0.1, 0.15) is 17.7 Å². The summed E-state index contributed by atoms with van der Waals surface area (Å²) in [5, 5.41) is 3.86. The number of rotatable bonds is 7. The zero-order valence-electron chi connectivity index (χ0n) is 32.8. The number of aliphatic imine (C=N–C) groups is 1. The van der Waals surface area contributed by atoms with Gasteiger partial charge in [-0.1, -0.05) is 164 Å². The molecule has 0 amide bonds. The molecule has 3 aromatic carbocycles. The smallest absolute Gasteiger partial charge is 0.125 e. The molecule has 3 nitrogen and oxygen atoms in total. The van der Waals surface area contributed by atoms with Crippen LogP contribution < -0.4 is 5.32 Å². The van der Waals surface area contributed by atoms with Crippen LogP contribution in [0.3, 0.4) is 0 Å². The minimum Gasteiger partial charge on any atom is -0.463 e. The summed E-state index contributed by atoms with van der Waals surface area (Å²) < 4.78 is 7.10. The second kappa shape index (κ2) is 15.0. The van der Waals surface area contributed by atoms with Gasteiger partial charge in [0, 0.05) is 46.4 Å². The van der Waals surface area contributed by atoms with Crippen LogP contribution in [0.5, 0.6) is 0 Å². The number of nitrogens with one attached hydrogen (secondary N) is 1. The number of benzene rings is 3. The molecule has 0 radical (unpaired) electrons. The van der Waals surface area contributed by atoms with Crippen molar-refractivity contribution < 1.29 is 4.42 Å². The molecule has 7 aliphatic rings. The van der Waals surface area contributed by atoms with E-state index in [4.69, 9.17) is 9.41 Å². The molecule has 1 N–H and O–H groups in total. The van der Waals surface area contributed by atoms with Crippen LogP contribution in [0.25, 0.3) is 29.0 Å². The van der Waals surface area contributed by atoms with Gasteiger partial charge in [-0.15, -0.1) is 0 Å². The number of nitrogens with zero attached hydrogens (tertiary/aromatic N) is 1. The van der Waals surface area contributed by atoms with Gasteiger partial charge in [-0.25, -0.2) is 0 Å². The van der Waals surface area contributed by atoms with E-state index in [1.807, 2.05) is 0 Å². The number of allylic oxidation sites excluding steroid dienone is 16. The number of hydrogen-bond acceptors (Lipinski definition) is 3. The van der Waals surface area contributed by atoms with Gasteiger partial charge in [0.2, 0.25) is 0 Å². The Kier molecular flexibility index (Phi) is 9.03. The summed E-state index contributed by atoms with van der Waals surface area (Å²) in [6.45, 7) is 0. The molecule has 1 aromatic heterocycles. The van der Waals surface area contributed by atoms with Crippen molar-refractivity contribution in [1.82, 2.24) is 5.32 Å². The van der Waals surface area contributed by atoms with Crippen molar-refractivity contribution >= 4 is 23.6 Å². The van der Waals surface area contributed by atoms with E-state index in [-0.39, 0.29) is 29.8 Å². The molecular formula is C55H48N2O. The second-order valence-electron chi connectivity index (χ2n) is 16.7. The lowest BCUT2D eigenvalue weighted by molar-refractivity contribution is 0.413. The van der Waals surface area contributed by atoms with E-state index in [9.17, 15) is 0 Å². The maximum Gasteiger partial charge on any atom is 0.125 e. The number of furan rings is 1. The Hall–Kier alpha value is -6.19. The molecule has 11 rings (SSSR count). The van der Waals surface area contributed by atoms with E-state index in [2.05, 4.69) is 181 Å². The standard InChI is InChI=1S/C55H48N2O/c1-4-16-36(17-5-1)41-22-10-11-23-43(41)47-28-15-29-48-50-34-49(45-24-12-13-25-46(45)54(50)58-53(47)48)44-27-14-26-42(44)37-30-32-39(33-31-37)52-35-51(38-18-6-2-7-19-38)56-55(57-52)40-20-8-3-9-21-40/h1-2,4-6,8,10-18,20,22-27,29-35,40,42,45-47,55,57H,3,7,9,19,21,28H2. The third-order valence-corrected chi connectivity index (χ3v) is 13.3. The third kappa shape index (κ3) is 6.25. The van der Waals surface area contributed by atoms with E-state index in [0.717, 1.165) is 36.5 Å². The van der Waals surface area contributed by atoms with E-state index in [1.54, 1.807) is 0 Å². The average molecular weight is 753 g/mol. The van der Waals surface area contributed by atoms with Gasteiger partial charge in [-0.05, 0) is 95.2 Å². The van der Waals surface area contributed by atoms with Crippen molar-refractivity contribution in [2.24, 2.45) is 16.8 Å². The molecule has 4 aromatic rings. The third-order valence-electron chi connectivity index (χ3n) is 13.3. The van der Waals surface area contributed by atoms with Crippen molar-refractivity contribution in [3.05, 3.63) is 220 Å². The van der Waals surface area contributed by atoms with Crippen molar-refractivity contribution in [3.8, 4) is 11.1 Å². The first-order valence-electron chi connectivity index (χ1n) is 21.4. The Labute approximate surface area is 342 Å². The summed E-state index contributed by atoms with van der Waals surface area (Å²) in [4.78, 5) is 5.29. The fourth-order valence-corrected chi connectivity index (χ4v) is 10.3. The normalized spacial score (nSPS) is 26.4. The maximum atomic E-state index is 7.10. The summed E-state index contributed by atoms with van der Waals surface area (Å²) in [5.74, 6) is 3.29. The molecule has 284 valence electrons. The van der Waals surface area contributed by atoms with Gasteiger partial charge in [-0.2, -0.15) is 0 Å². The van der Waals surface area contributed by atoms with Crippen molar-refractivity contribution in [2.45, 2.75) is 62.4 Å². The first-order valence-corrected chi connectivity index (χ1v) is 21.4. The summed E-state index contributed by atoms with van der Waals surface area (Å²) >= 11 is 0. The molecule has 1 aliphatic heterocycles. The molecule has 3 heteroatoms. The highest BCUT2D eigenvalue weighted by Crippen LogP contribution is 2.53. The van der Waals surface area contributed by atoms with Crippen LogP contribution >= 0.6 is 0 Å². The number of hydrogen-bond donors (Lipinski definition) is 1. The monoisotopic (exact) mass is 752 g/mol. The Balaban J connectivity index is 0.919. The van der Waals surface area contributed by atoms with Gasteiger partial charge < -0.3 is 9.73 Å². The Bertz CT molecular complexity index is 2610. The van der Waals surface area contributed by atoms with Crippen molar-refractivity contribution in [3.63, 3.8) is 0 Å². The summed E-state index contributed by atoms with van der Waals surface area (Å²) in [6, 6.07) is 29.0. The zero-order chi connectivity index (χ0) is 38.4. The molecule has 58 heavy (non-hydrogen) atoms. The largest absolute Gasteiger partial charge is 0.463 e. The molecule has 6 atom stereocenters. The van der Waals surface area contributed by atoms with E-state index < -0.39 is 0 Å². The Morgan fingerprint density at radius 2 is 1.52 bits per heavy atom. The lowest BCUT2D eigenvalue weighted by Gasteiger charge is -2.32. The van der Waals surface area contributed by atoms with Crippen LogP contribution in [-0.2, 0) is 0 Å². The van der Waals surface area contributed by atoms with Crippen LogP contribution in [0, 0.1) is 11.8 Å². The van der Waals surface area contributed by atoms with Crippen LogP contribution in [-0.4, -0.2) is 11.9 Å². The molecule has 2 heterocycles. The predicted molar refractivity (Wildman–Crippen MR) is 240 cm³/mol. The van der Waals surface area contributed by atoms with E-state index in [1.165, 1.54) is 80.6 Å². The topological polar surface area (TPSA) is 37.5 Å². The SMILES string of the molecule is C1=CCCC(C2=NC(C3C=CCCC3)NC(c3ccc(C4C=CC=C4C4=Cc5c(oc6c5C=CCC6c5ccccc5-c5ccccc5)C5C=CC=CC45)cc3)=C2)=C1. The Morgan fingerprint density at radius 1 is 0.655 bits per heavy atom. The molecule has 0 bridgehead atoms. The van der Waals surface area contributed by atoms with Gasteiger partial charge in [0.05, 0.1) is 5.71 Å². The molecular weight excluding hydrogens is 705 g/mol. The molecule has 6 unspecified atom stereocenters. The zero-order valence-corrected chi connectivity index (χ0v) is 32.8. The minimum absolute atomic E-state index is 0.0522. The lowest BCUT2D eigenvalue weighted by Crippen LogP contribution is -2.37. The highest BCUT2D eigenvalue weighted by atomic mass is 16.3. The van der Waals surface area contributed by atoms with Crippen molar-refractivity contribution in [2.75, 3.05) is 0 Å². The van der Waals surface area contributed by atoms with Crippen molar-refractivity contribution in [1.29, 1.82) is 0 Å². The van der Waals surface area contributed by atoms with Gasteiger partial charge in [0.25, 0.3) is 0 Å². The highest BCUT2D eigenvalue weighted by molar-refractivity contribution is 6.13. The second-order valence-corrected chi connectivity index (χ2v) is 16.7. The van der Waals surface area contributed by atoms with Gasteiger partial charge >= 0.3 is 0 Å². The van der Waals surface area contributed by atoms with Gasteiger partial charge in [-0.3, -0.25) is 4.99 Å². The summed E-state index contributed by atoms with van der Waals surface area (Å²) in [7, 11) is 0. The van der Waals surface area contributed by atoms with Crippen LogP contribution in [0.15, 0.2) is 190 Å². The average Bonchev–Trinajstić information content (AvgIpc) is 3.95. The molecule has 0 saturated heterocycles. The minimum atomic E-state index is 0.0522. The summed E-state index contributed by atoms with van der Waals surface area (Å²) in [5.41, 5.74) is 15.2. The fraction of sp³-hybridized carbons (Fsp3) is 0.218. The molecule has 0 saturated carbocycles. The van der Waals surface area contributed by atoms with E-state index >= 15 is 0 Å². The fourth-order valence-electron chi connectivity index (χ4n) is 10.3. The summed E-state index contributed by atoms with van der Waals surface area (Å²) in [6.07, 6.45) is 43.6. The van der Waals surface area contributed by atoms with Crippen LogP contribution in [0.4, 0.5) is 0 Å². The lowest BCUT2D eigenvalue weighted by atomic mass is 9.70. The van der Waals surface area contributed by atoms with E-state index in [0.29, 0.717) is 5.92 Å². The molecule has 0 fully saturated rings. The first kappa shape index (κ1) is 35.0. The predicted octanol–water partition coefficient (Wildman–Crippen LogP) is 13.3. The quantitative estimate of drug-likeness (QED) is 0.191. The number of fused-ring (bicyclic) bond motifs is 5. The van der Waals surface area contributed by atoms with Crippen LogP contribution in [0.2, 0.25) is 0 Å². The molecule has 6 aliphatic carbocycles. The maximum absolute atomic E-state index is 7.10. The Morgan fingerprint density at radius 3 is 2.36 bits per heavy atom. The van der Waals surface area contributed by atoms with Crippen LogP contribution in [0.1, 0.15) is 95.6 Å². The first-order chi connectivity index (χ1) is 28.8. The molecule has 0 spiro atoms.